The number of rotatable bonds is 8. The van der Waals surface area contributed by atoms with Crippen LogP contribution in [-0.4, -0.2) is 31.2 Å². The molecule has 0 spiro atoms. The molecule has 0 aliphatic rings. The van der Waals surface area contributed by atoms with Gasteiger partial charge >= 0.3 is 5.97 Å². The Morgan fingerprint density at radius 3 is 2.36 bits per heavy atom. The molecule has 0 aliphatic heterocycles. The summed E-state index contributed by atoms with van der Waals surface area (Å²) < 4.78 is 10.5. The number of amides is 1. The van der Waals surface area contributed by atoms with Crippen LogP contribution in [0.3, 0.4) is 0 Å². The SMILES string of the molecule is COc1ccc(OC)c(CC(=O)Nc2ccc(CCC(=O)O)cc2)c1. The van der Waals surface area contributed by atoms with Gasteiger partial charge in [0.05, 0.1) is 20.6 Å². The number of hydrogen-bond donors (Lipinski definition) is 2. The van der Waals surface area contributed by atoms with Crippen molar-refractivity contribution >= 4 is 17.6 Å². The minimum Gasteiger partial charge on any atom is -0.497 e. The van der Waals surface area contributed by atoms with E-state index >= 15 is 0 Å². The van der Waals surface area contributed by atoms with E-state index in [9.17, 15) is 9.59 Å². The van der Waals surface area contributed by atoms with Gasteiger partial charge in [-0.1, -0.05) is 12.1 Å². The lowest BCUT2D eigenvalue weighted by molar-refractivity contribution is -0.137. The third-order valence-corrected chi connectivity index (χ3v) is 3.70. The number of hydrogen-bond acceptors (Lipinski definition) is 4. The predicted octanol–water partition coefficient (Wildman–Crippen LogP) is 2.90. The summed E-state index contributed by atoms with van der Waals surface area (Å²) in [6.45, 7) is 0. The minimum absolute atomic E-state index is 0.0847. The lowest BCUT2D eigenvalue weighted by atomic mass is 10.1. The molecule has 2 aromatic carbocycles. The summed E-state index contributed by atoms with van der Waals surface area (Å²) in [4.78, 5) is 22.8. The monoisotopic (exact) mass is 343 g/mol. The van der Waals surface area contributed by atoms with Gasteiger partial charge in [-0.15, -0.1) is 0 Å². The first-order valence-electron chi connectivity index (χ1n) is 7.83. The Balaban J connectivity index is 1.99. The third-order valence-electron chi connectivity index (χ3n) is 3.70. The Morgan fingerprint density at radius 1 is 1.04 bits per heavy atom. The first-order chi connectivity index (χ1) is 12.0. The molecule has 0 fully saturated rings. The molecular weight excluding hydrogens is 322 g/mol. The van der Waals surface area contributed by atoms with Crippen LogP contribution in [-0.2, 0) is 22.4 Å². The molecular formula is C19H21NO5. The van der Waals surface area contributed by atoms with Crippen molar-refractivity contribution in [2.45, 2.75) is 19.3 Å². The summed E-state index contributed by atoms with van der Waals surface area (Å²) in [7, 11) is 3.12. The maximum atomic E-state index is 12.3. The van der Waals surface area contributed by atoms with Crippen LogP contribution in [0.25, 0.3) is 0 Å². The number of carbonyl (C=O) groups is 2. The van der Waals surface area contributed by atoms with Gasteiger partial charge in [0.2, 0.25) is 5.91 Å². The highest BCUT2D eigenvalue weighted by Crippen LogP contribution is 2.24. The number of carboxylic acids is 1. The second-order valence-electron chi connectivity index (χ2n) is 5.49. The number of aryl methyl sites for hydroxylation is 1. The number of carboxylic acid groups (broad SMARTS) is 1. The van der Waals surface area contributed by atoms with Crippen LogP contribution in [0.4, 0.5) is 5.69 Å². The molecule has 2 N–H and O–H groups in total. The molecule has 0 saturated heterocycles. The van der Waals surface area contributed by atoms with Gasteiger partial charge < -0.3 is 19.9 Å². The van der Waals surface area contributed by atoms with Crippen molar-refractivity contribution in [3.63, 3.8) is 0 Å². The van der Waals surface area contributed by atoms with E-state index in [1.807, 2.05) is 12.1 Å². The summed E-state index contributed by atoms with van der Waals surface area (Å²) in [5, 5.41) is 11.5. The molecule has 6 nitrogen and oxygen atoms in total. The fourth-order valence-corrected chi connectivity index (χ4v) is 2.40. The Morgan fingerprint density at radius 2 is 1.76 bits per heavy atom. The van der Waals surface area contributed by atoms with Crippen LogP contribution in [0.5, 0.6) is 11.5 Å². The summed E-state index contributed by atoms with van der Waals surface area (Å²) in [6.07, 6.45) is 0.701. The van der Waals surface area contributed by atoms with Crippen molar-refractivity contribution in [3.05, 3.63) is 53.6 Å². The topological polar surface area (TPSA) is 84.9 Å². The zero-order chi connectivity index (χ0) is 18.2. The average molecular weight is 343 g/mol. The minimum atomic E-state index is -0.829. The first kappa shape index (κ1) is 18.3. The number of carbonyl (C=O) groups excluding carboxylic acids is 1. The second-order valence-corrected chi connectivity index (χ2v) is 5.49. The van der Waals surface area contributed by atoms with Crippen LogP contribution in [0.2, 0.25) is 0 Å². The molecule has 6 heteroatoms. The number of methoxy groups -OCH3 is 2. The molecule has 2 rings (SSSR count). The van der Waals surface area contributed by atoms with E-state index in [2.05, 4.69) is 5.32 Å². The van der Waals surface area contributed by atoms with E-state index in [-0.39, 0.29) is 18.7 Å². The maximum Gasteiger partial charge on any atom is 0.303 e. The molecule has 25 heavy (non-hydrogen) atoms. The molecule has 2 aromatic rings. The van der Waals surface area contributed by atoms with Crippen molar-refractivity contribution in [3.8, 4) is 11.5 Å². The molecule has 132 valence electrons. The zero-order valence-corrected chi connectivity index (χ0v) is 14.2. The van der Waals surface area contributed by atoms with Crippen molar-refractivity contribution < 1.29 is 24.2 Å². The maximum absolute atomic E-state index is 12.3. The summed E-state index contributed by atoms with van der Waals surface area (Å²) in [5.41, 5.74) is 2.30. The summed E-state index contributed by atoms with van der Waals surface area (Å²) in [6, 6.07) is 12.5. The number of benzene rings is 2. The largest absolute Gasteiger partial charge is 0.497 e. The van der Waals surface area contributed by atoms with Gasteiger partial charge in [-0.05, 0) is 42.3 Å². The van der Waals surface area contributed by atoms with Crippen LogP contribution in [0.15, 0.2) is 42.5 Å². The molecule has 1 amide bonds. The number of ether oxygens (including phenoxy) is 2. The zero-order valence-electron chi connectivity index (χ0n) is 14.2. The third kappa shape index (κ3) is 5.53. The molecule has 0 heterocycles. The Hall–Kier alpha value is -3.02. The normalized spacial score (nSPS) is 10.2. The van der Waals surface area contributed by atoms with Gasteiger partial charge in [0.15, 0.2) is 0 Å². The van der Waals surface area contributed by atoms with E-state index in [4.69, 9.17) is 14.6 Å². The highest BCUT2D eigenvalue weighted by atomic mass is 16.5. The van der Waals surface area contributed by atoms with Gasteiger partial charge in [-0.3, -0.25) is 9.59 Å². The highest BCUT2D eigenvalue weighted by molar-refractivity contribution is 5.92. The fraction of sp³-hybridized carbons (Fsp3) is 0.263. The van der Waals surface area contributed by atoms with Crippen molar-refractivity contribution in [1.29, 1.82) is 0 Å². The Kier molecular flexibility index (Phi) is 6.39. The molecule has 0 atom stereocenters. The number of anilines is 1. The quantitative estimate of drug-likeness (QED) is 0.770. The van der Waals surface area contributed by atoms with Crippen LogP contribution in [0.1, 0.15) is 17.5 Å². The van der Waals surface area contributed by atoms with Gasteiger partial charge in [-0.25, -0.2) is 0 Å². The van der Waals surface area contributed by atoms with Gasteiger partial charge in [-0.2, -0.15) is 0 Å². The van der Waals surface area contributed by atoms with E-state index in [0.29, 0.717) is 23.6 Å². The fourth-order valence-electron chi connectivity index (χ4n) is 2.40. The van der Waals surface area contributed by atoms with Crippen LogP contribution < -0.4 is 14.8 Å². The van der Waals surface area contributed by atoms with E-state index in [1.54, 1.807) is 44.6 Å². The van der Waals surface area contributed by atoms with Crippen LogP contribution >= 0.6 is 0 Å². The van der Waals surface area contributed by atoms with E-state index in [1.165, 1.54) is 0 Å². The van der Waals surface area contributed by atoms with Crippen LogP contribution in [0, 0.1) is 0 Å². The van der Waals surface area contributed by atoms with Gasteiger partial charge in [0, 0.05) is 17.7 Å². The van der Waals surface area contributed by atoms with Gasteiger partial charge in [0.1, 0.15) is 11.5 Å². The Bertz CT molecular complexity index is 740. The standard InChI is InChI=1S/C19H21NO5/c1-24-16-8-9-17(25-2)14(11-16)12-18(21)20-15-6-3-13(4-7-15)5-10-19(22)23/h3-4,6-9,11H,5,10,12H2,1-2H3,(H,20,21)(H,22,23). The lowest BCUT2D eigenvalue weighted by Crippen LogP contribution is -2.15. The summed E-state index contributed by atoms with van der Waals surface area (Å²) in [5.74, 6) is 0.279. The molecule has 0 saturated carbocycles. The smallest absolute Gasteiger partial charge is 0.303 e. The molecule has 0 aliphatic carbocycles. The number of nitrogens with one attached hydrogen (secondary N) is 1. The van der Waals surface area contributed by atoms with Crippen molar-refractivity contribution in [2.75, 3.05) is 19.5 Å². The Labute approximate surface area is 146 Å². The van der Waals surface area contributed by atoms with Gasteiger partial charge in [0.25, 0.3) is 0 Å². The average Bonchev–Trinajstić information content (AvgIpc) is 2.61. The van der Waals surface area contributed by atoms with Crippen molar-refractivity contribution in [1.82, 2.24) is 0 Å². The van der Waals surface area contributed by atoms with Crippen molar-refractivity contribution in [2.24, 2.45) is 0 Å². The molecule has 0 radical (unpaired) electrons. The van der Waals surface area contributed by atoms with E-state index in [0.717, 1.165) is 11.1 Å². The lowest BCUT2D eigenvalue weighted by Gasteiger charge is -2.11. The highest BCUT2D eigenvalue weighted by Gasteiger charge is 2.11. The predicted molar refractivity (Wildman–Crippen MR) is 94.3 cm³/mol. The second kappa shape index (κ2) is 8.73. The molecule has 0 aromatic heterocycles. The van der Waals surface area contributed by atoms with E-state index < -0.39 is 5.97 Å². The molecule has 0 bridgehead atoms. The molecule has 0 unspecified atom stereocenters. The first-order valence-corrected chi connectivity index (χ1v) is 7.83. The summed E-state index contributed by atoms with van der Waals surface area (Å²) >= 11 is 0. The number of aliphatic carboxylic acids is 1.